The van der Waals surface area contributed by atoms with Crippen LogP contribution in [0.15, 0.2) is 24.3 Å². The number of carbonyl (C=O) groups is 1. The maximum Gasteiger partial charge on any atom is 0.235 e. The number of benzene rings is 1. The van der Waals surface area contributed by atoms with Crippen molar-refractivity contribution in [2.75, 3.05) is 23.8 Å². The fourth-order valence-corrected chi connectivity index (χ4v) is 7.32. The van der Waals surface area contributed by atoms with Gasteiger partial charge in [-0.2, -0.15) is 0 Å². The molecular weight excluding hydrogens is 645 g/mol. The Hall–Kier alpha value is -1.82. The first-order chi connectivity index (χ1) is 25.1. The Bertz CT molecular complexity index is 872. The maximum absolute atomic E-state index is 11.2. The average molecular weight is 729 g/mol. The molecule has 0 spiro atoms. The standard InChI is InChI=1S/C45H84N4OS/c1-4-6-8-10-12-14-16-18-20-22-24-26-28-30-32-34-40-49(45(51)46-43-36-38-44(39-37-43)48-47-42(3)50)41-35-33-31-29-27-25-23-21-19-17-15-13-11-9-7-5-2/h36-39,48H,4-35,40-41H2,1-3H3,(H,46,51)(H,47,50). The maximum atomic E-state index is 11.2. The number of rotatable bonds is 37. The third-order valence-electron chi connectivity index (χ3n) is 10.4. The molecule has 1 aromatic carbocycles. The van der Waals surface area contributed by atoms with Gasteiger partial charge in [-0.05, 0) is 49.3 Å². The number of carbonyl (C=O) groups excluding carboxylic acids is 1. The van der Waals surface area contributed by atoms with Crippen LogP contribution < -0.4 is 16.2 Å². The fraction of sp³-hybridized carbons (Fsp3) is 0.822. The molecule has 1 rings (SSSR count). The third kappa shape index (κ3) is 31.4. The van der Waals surface area contributed by atoms with E-state index in [1.165, 1.54) is 212 Å². The molecule has 0 unspecified atom stereocenters. The number of anilines is 2. The van der Waals surface area contributed by atoms with Crippen molar-refractivity contribution < 1.29 is 4.79 Å². The van der Waals surface area contributed by atoms with Gasteiger partial charge in [0.25, 0.3) is 0 Å². The highest BCUT2D eigenvalue weighted by atomic mass is 32.1. The van der Waals surface area contributed by atoms with Gasteiger partial charge in [0.2, 0.25) is 5.91 Å². The average Bonchev–Trinajstić information content (AvgIpc) is 3.13. The predicted molar refractivity (Wildman–Crippen MR) is 231 cm³/mol. The van der Waals surface area contributed by atoms with Gasteiger partial charge in [-0.15, -0.1) is 0 Å². The van der Waals surface area contributed by atoms with E-state index in [9.17, 15) is 4.79 Å². The number of unbranched alkanes of at least 4 members (excludes halogenated alkanes) is 30. The van der Waals surface area contributed by atoms with Crippen LogP contribution in [-0.4, -0.2) is 29.0 Å². The van der Waals surface area contributed by atoms with Crippen LogP contribution in [0.3, 0.4) is 0 Å². The van der Waals surface area contributed by atoms with Crippen LogP contribution >= 0.6 is 12.2 Å². The number of amides is 1. The third-order valence-corrected chi connectivity index (χ3v) is 10.7. The Morgan fingerprint density at radius 2 is 0.745 bits per heavy atom. The van der Waals surface area contributed by atoms with E-state index < -0.39 is 0 Å². The normalized spacial score (nSPS) is 11.1. The summed E-state index contributed by atoms with van der Waals surface area (Å²) in [6.45, 7) is 8.16. The lowest BCUT2D eigenvalue weighted by Crippen LogP contribution is -2.36. The minimum Gasteiger partial charge on any atom is -0.349 e. The van der Waals surface area contributed by atoms with Gasteiger partial charge in [-0.3, -0.25) is 15.6 Å². The molecular formula is C45H84N4OS. The molecule has 0 atom stereocenters. The molecule has 296 valence electrons. The van der Waals surface area contributed by atoms with Crippen molar-refractivity contribution in [3.8, 4) is 0 Å². The molecule has 0 aliphatic carbocycles. The molecule has 0 saturated heterocycles. The zero-order valence-corrected chi connectivity index (χ0v) is 34.9. The Labute approximate surface area is 323 Å². The Morgan fingerprint density at radius 3 is 1.04 bits per heavy atom. The Kier molecular flexibility index (Phi) is 33.8. The molecule has 1 aromatic rings. The first-order valence-electron chi connectivity index (χ1n) is 22.2. The Balaban J connectivity index is 2.25. The monoisotopic (exact) mass is 729 g/mol. The topological polar surface area (TPSA) is 56.4 Å². The fourth-order valence-electron chi connectivity index (χ4n) is 7.02. The first-order valence-corrected chi connectivity index (χ1v) is 22.7. The van der Waals surface area contributed by atoms with Gasteiger partial charge in [0.05, 0.1) is 5.69 Å². The van der Waals surface area contributed by atoms with Crippen molar-refractivity contribution in [3.63, 3.8) is 0 Å². The first kappa shape index (κ1) is 47.2. The van der Waals surface area contributed by atoms with Gasteiger partial charge < -0.3 is 10.2 Å². The summed E-state index contributed by atoms with van der Waals surface area (Å²) in [5.74, 6) is -0.114. The molecule has 3 N–H and O–H groups in total. The highest BCUT2D eigenvalue weighted by Gasteiger charge is 2.10. The summed E-state index contributed by atoms with van der Waals surface area (Å²) in [4.78, 5) is 13.6. The summed E-state index contributed by atoms with van der Waals surface area (Å²) in [6, 6.07) is 7.93. The van der Waals surface area contributed by atoms with E-state index in [4.69, 9.17) is 12.2 Å². The Morgan fingerprint density at radius 1 is 0.471 bits per heavy atom. The van der Waals surface area contributed by atoms with Gasteiger partial charge in [-0.1, -0.05) is 206 Å². The van der Waals surface area contributed by atoms with Crippen molar-refractivity contribution >= 4 is 34.6 Å². The number of hydrogen-bond acceptors (Lipinski definition) is 3. The number of nitrogens with one attached hydrogen (secondary N) is 3. The summed E-state index contributed by atoms with van der Waals surface area (Å²) in [6.07, 6.45) is 44.6. The minimum absolute atomic E-state index is 0.114. The van der Waals surface area contributed by atoms with Crippen LogP contribution in [0, 0.1) is 0 Å². The molecule has 1 amide bonds. The second-order valence-electron chi connectivity index (χ2n) is 15.4. The molecule has 0 radical (unpaired) electrons. The zero-order chi connectivity index (χ0) is 36.9. The molecule has 0 heterocycles. The molecule has 6 heteroatoms. The second-order valence-corrected chi connectivity index (χ2v) is 15.8. The van der Waals surface area contributed by atoms with Crippen molar-refractivity contribution in [3.05, 3.63) is 24.3 Å². The van der Waals surface area contributed by atoms with E-state index in [1.54, 1.807) is 0 Å². The van der Waals surface area contributed by atoms with E-state index in [2.05, 4.69) is 34.9 Å². The van der Waals surface area contributed by atoms with Gasteiger partial charge in [-0.25, -0.2) is 0 Å². The highest BCUT2D eigenvalue weighted by Crippen LogP contribution is 2.18. The van der Waals surface area contributed by atoms with Gasteiger partial charge in [0, 0.05) is 25.7 Å². The van der Waals surface area contributed by atoms with Gasteiger partial charge in [0.15, 0.2) is 5.11 Å². The number of hydrogen-bond donors (Lipinski definition) is 3. The van der Waals surface area contributed by atoms with Crippen molar-refractivity contribution in [1.29, 1.82) is 0 Å². The minimum atomic E-state index is -0.114. The lowest BCUT2D eigenvalue weighted by Gasteiger charge is -2.26. The predicted octanol–water partition coefficient (Wildman–Crippen LogP) is 14.7. The summed E-state index contributed by atoms with van der Waals surface area (Å²) >= 11 is 5.94. The molecule has 0 aliphatic rings. The van der Waals surface area contributed by atoms with Crippen molar-refractivity contribution in [1.82, 2.24) is 10.3 Å². The van der Waals surface area contributed by atoms with Gasteiger partial charge in [0.1, 0.15) is 0 Å². The number of thiocarbonyl (C=S) groups is 1. The number of nitrogens with zero attached hydrogens (tertiary/aromatic N) is 1. The molecule has 0 fully saturated rings. The van der Waals surface area contributed by atoms with Crippen LogP contribution in [0.25, 0.3) is 0 Å². The largest absolute Gasteiger partial charge is 0.349 e. The molecule has 0 aromatic heterocycles. The lowest BCUT2D eigenvalue weighted by molar-refractivity contribution is -0.118. The van der Waals surface area contributed by atoms with Crippen molar-refractivity contribution in [2.24, 2.45) is 0 Å². The molecule has 5 nitrogen and oxygen atoms in total. The van der Waals surface area contributed by atoms with Crippen LogP contribution in [0.2, 0.25) is 0 Å². The summed E-state index contributed by atoms with van der Waals surface area (Å²) in [5.41, 5.74) is 7.38. The summed E-state index contributed by atoms with van der Waals surface area (Å²) in [7, 11) is 0. The van der Waals surface area contributed by atoms with Crippen LogP contribution in [0.4, 0.5) is 11.4 Å². The quantitative estimate of drug-likeness (QED) is 0.0362. The number of hydrazine groups is 1. The smallest absolute Gasteiger partial charge is 0.235 e. The lowest BCUT2D eigenvalue weighted by atomic mass is 10.0. The van der Waals surface area contributed by atoms with E-state index in [0.29, 0.717) is 0 Å². The summed E-state index contributed by atoms with van der Waals surface area (Å²) < 4.78 is 0. The second kappa shape index (κ2) is 36.5. The van der Waals surface area contributed by atoms with E-state index in [-0.39, 0.29) is 5.91 Å². The molecule has 51 heavy (non-hydrogen) atoms. The molecule has 0 bridgehead atoms. The zero-order valence-electron chi connectivity index (χ0n) is 34.1. The van der Waals surface area contributed by atoms with E-state index >= 15 is 0 Å². The van der Waals surface area contributed by atoms with E-state index in [1.807, 2.05) is 24.3 Å². The van der Waals surface area contributed by atoms with E-state index in [0.717, 1.165) is 29.6 Å². The highest BCUT2D eigenvalue weighted by molar-refractivity contribution is 7.80. The molecule has 0 aliphatic heterocycles. The van der Waals surface area contributed by atoms with Crippen LogP contribution in [-0.2, 0) is 4.79 Å². The SMILES string of the molecule is CCCCCCCCCCCCCCCCCCN(CCCCCCCCCCCCCCCCCC)C(=S)Nc1ccc(NNC(C)=O)cc1. The van der Waals surface area contributed by atoms with Crippen molar-refractivity contribution in [2.45, 2.75) is 226 Å². The van der Waals surface area contributed by atoms with Gasteiger partial charge >= 0.3 is 0 Å². The summed E-state index contributed by atoms with van der Waals surface area (Å²) in [5, 5.41) is 4.32. The van der Waals surface area contributed by atoms with Crippen LogP contribution in [0.1, 0.15) is 226 Å². The molecule has 0 saturated carbocycles. The van der Waals surface area contributed by atoms with Crippen LogP contribution in [0.5, 0.6) is 0 Å².